The summed E-state index contributed by atoms with van der Waals surface area (Å²) in [4.78, 5) is 27.5. The van der Waals surface area contributed by atoms with Crippen molar-refractivity contribution in [2.75, 3.05) is 0 Å². The molecular formula is C21H14ClN3O4S. The van der Waals surface area contributed by atoms with Gasteiger partial charge in [0.05, 0.1) is 15.5 Å². The van der Waals surface area contributed by atoms with Crippen LogP contribution in [0.1, 0.15) is 11.3 Å². The van der Waals surface area contributed by atoms with Crippen LogP contribution in [0.3, 0.4) is 0 Å². The van der Waals surface area contributed by atoms with E-state index < -0.39 is 4.92 Å². The lowest BCUT2D eigenvalue weighted by atomic mass is 10.1. The Labute approximate surface area is 180 Å². The third-order valence-corrected chi connectivity index (χ3v) is 5.69. The molecule has 0 unspecified atom stereocenters. The normalized spacial score (nSPS) is 16.3. The molecular weight excluding hydrogens is 426 g/mol. The van der Waals surface area contributed by atoms with Gasteiger partial charge >= 0.3 is 0 Å². The fourth-order valence-electron chi connectivity index (χ4n) is 2.77. The van der Waals surface area contributed by atoms with E-state index in [1.807, 2.05) is 13.0 Å². The first-order valence-electron chi connectivity index (χ1n) is 8.80. The second-order valence-corrected chi connectivity index (χ2v) is 7.81. The van der Waals surface area contributed by atoms with Gasteiger partial charge in [0.2, 0.25) is 0 Å². The van der Waals surface area contributed by atoms with Crippen LogP contribution >= 0.6 is 23.4 Å². The SMILES string of the molecule is Cc1c(Cl)cccc1N=C1NC(=O)C(=Cc2ccc(-c3ccc([N+](=O)[O-])cc3)o2)S1. The summed E-state index contributed by atoms with van der Waals surface area (Å²) in [6.45, 7) is 1.86. The van der Waals surface area contributed by atoms with Crippen LogP contribution in [0.25, 0.3) is 17.4 Å². The largest absolute Gasteiger partial charge is 0.457 e. The highest BCUT2D eigenvalue weighted by atomic mass is 35.5. The van der Waals surface area contributed by atoms with E-state index in [0.717, 1.165) is 5.56 Å². The van der Waals surface area contributed by atoms with E-state index in [-0.39, 0.29) is 11.6 Å². The average Bonchev–Trinajstić information content (AvgIpc) is 3.32. The maximum absolute atomic E-state index is 12.3. The Balaban J connectivity index is 1.54. The van der Waals surface area contributed by atoms with Crippen LogP contribution in [0.15, 0.2) is 68.9 Å². The summed E-state index contributed by atoms with van der Waals surface area (Å²) in [5.74, 6) is 0.761. The van der Waals surface area contributed by atoms with Crippen molar-refractivity contribution in [3.8, 4) is 11.3 Å². The second kappa shape index (κ2) is 8.17. The third-order valence-electron chi connectivity index (χ3n) is 4.37. The monoisotopic (exact) mass is 439 g/mol. The number of nitrogens with zero attached hydrogens (tertiary/aromatic N) is 2. The third kappa shape index (κ3) is 4.14. The minimum atomic E-state index is -0.457. The molecule has 0 atom stereocenters. The van der Waals surface area contributed by atoms with Crippen LogP contribution < -0.4 is 5.32 Å². The number of amidine groups is 1. The molecule has 0 bridgehead atoms. The molecule has 0 spiro atoms. The highest BCUT2D eigenvalue weighted by molar-refractivity contribution is 8.18. The summed E-state index contributed by atoms with van der Waals surface area (Å²) in [5, 5.41) is 14.6. The standard InChI is InChI=1S/C21H14ClN3O4S/c1-12-16(22)3-2-4-17(12)23-21-24-20(26)19(30-21)11-15-9-10-18(29-15)13-5-7-14(8-6-13)25(27)28/h2-11H,1H3,(H,23,24,26). The van der Waals surface area contributed by atoms with E-state index in [2.05, 4.69) is 10.3 Å². The van der Waals surface area contributed by atoms with Crippen molar-refractivity contribution < 1.29 is 14.1 Å². The van der Waals surface area contributed by atoms with Gasteiger partial charge < -0.3 is 9.73 Å². The zero-order valence-corrected chi connectivity index (χ0v) is 17.2. The molecule has 30 heavy (non-hydrogen) atoms. The maximum Gasteiger partial charge on any atom is 0.269 e. The first kappa shape index (κ1) is 19.9. The number of halogens is 1. The number of furan rings is 1. The molecule has 150 valence electrons. The summed E-state index contributed by atoms with van der Waals surface area (Å²) in [6, 6.07) is 14.9. The number of nitro benzene ring substituents is 1. The molecule has 1 fully saturated rings. The van der Waals surface area contributed by atoms with E-state index in [9.17, 15) is 14.9 Å². The molecule has 1 aliphatic rings. The molecule has 0 aliphatic carbocycles. The first-order chi connectivity index (χ1) is 14.4. The zero-order chi connectivity index (χ0) is 21.3. The Hall–Kier alpha value is -3.36. The van der Waals surface area contributed by atoms with Crippen molar-refractivity contribution >= 4 is 51.9 Å². The number of hydrogen-bond acceptors (Lipinski definition) is 6. The molecule has 2 heterocycles. The van der Waals surface area contributed by atoms with Gasteiger partial charge in [0, 0.05) is 28.8 Å². The molecule has 9 heteroatoms. The quantitative estimate of drug-likeness (QED) is 0.319. The van der Waals surface area contributed by atoms with Gasteiger partial charge in [-0.1, -0.05) is 17.7 Å². The van der Waals surface area contributed by atoms with Crippen molar-refractivity contribution in [1.29, 1.82) is 0 Å². The highest BCUT2D eigenvalue weighted by Crippen LogP contribution is 2.32. The minimum Gasteiger partial charge on any atom is -0.457 e. The predicted octanol–water partition coefficient (Wildman–Crippen LogP) is 5.71. The fourth-order valence-corrected chi connectivity index (χ4v) is 3.75. The van der Waals surface area contributed by atoms with E-state index in [1.54, 1.807) is 42.5 Å². The van der Waals surface area contributed by atoms with Crippen molar-refractivity contribution in [3.05, 3.63) is 86.0 Å². The van der Waals surface area contributed by atoms with Crippen LogP contribution in [0.5, 0.6) is 0 Å². The highest BCUT2D eigenvalue weighted by Gasteiger charge is 2.24. The molecule has 0 saturated carbocycles. The lowest BCUT2D eigenvalue weighted by molar-refractivity contribution is -0.384. The van der Waals surface area contributed by atoms with Crippen molar-refractivity contribution in [1.82, 2.24) is 5.32 Å². The first-order valence-corrected chi connectivity index (χ1v) is 9.99. The number of amides is 1. The van der Waals surface area contributed by atoms with Gasteiger partial charge in [-0.3, -0.25) is 14.9 Å². The number of nitro groups is 1. The lowest BCUT2D eigenvalue weighted by Crippen LogP contribution is -2.19. The Kier molecular flexibility index (Phi) is 5.43. The Morgan fingerprint density at radius 1 is 1.17 bits per heavy atom. The number of rotatable bonds is 4. The molecule has 1 aromatic heterocycles. The van der Waals surface area contributed by atoms with Gasteiger partial charge in [0.25, 0.3) is 11.6 Å². The molecule has 2 aromatic carbocycles. The van der Waals surface area contributed by atoms with E-state index in [1.165, 1.54) is 23.9 Å². The van der Waals surface area contributed by atoms with E-state index >= 15 is 0 Å². The number of nitrogens with one attached hydrogen (secondary N) is 1. The Morgan fingerprint density at radius 2 is 1.93 bits per heavy atom. The van der Waals surface area contributed by atoms with Crippen LogP contribution in [0.2, 0.25) is 5.02 Å². The average molecular weight is 440 g/mol. The molecule has 1 N–H and O–H groups in total. The molecule has 7 nitrogen and oxygen atoms in total. The molecule has 1 aliphatic heterocycles. The molecule has 3 aromatic rings. The summed E-state index contributed by atoms with van der Waals surface area (Å²) in [6.07, 6.45) is 1.63. The predicted molar refractivity (Wildman–Crippen MR) is 118 cm³/mol. The minimum absolute atomic E-state index is 0.00781. The summed E-state index contributed by atoms with van der Waals surface area (Å²) in [5.41, 5.74) is 2.23. The molecule has 1 saturated heterocycles. The number of thioether (sulfide) groups is 1. The molecule has 0 radical (unpaired) electrons. The van der Waals surface area contributed by atoms with Crippen LogP contribution in [0, 0.1) is 17.0 Å². The second-order valence-electron chi connectivity index (χ2n) is 6.37. The number of benzene rings is 2. The number of aliphatic imine (C=N–C) groups is 1. The topological polar surface area (TPSA) is 97.7 Å². The Bertz CT molecular complexity index is 1220. The van der Waals surface area contributed by atoms with Crippen molar-refractivity contribution in [2.45, 2.75) is 6.92 Å². The van der Waals surface area contributed by atoms with Gasteiger partial charge in [0.15, 0.2) is 5.17 Å². The van der Waals surface area contributed by atoms with Crippen molar-refractivity contribution in [2.24, 2.45) is 4.99 Å². The summed E-state index contributed by atoms with van der Waals surface area (Å²) >= 11 is 7.33. The molecule has 4 rings (SSSR count). The zero-order valence-electron chi connectivity index (χ0n) is 15.6. The summed E-state index contributed by atoms with van der Waals surface area (Å²) in [7, 11) is 0. The van der Waals surface area contributed by atoms with Gasteiger partial charge in [-0.05, 0) is 60.6 Å². The summed E-state index contributed by atoms with van der Waals surface area (Å²) < 4.78 is 5.77. The Morgan fingerprint density at radius 3 is 2.67 bits per heavy atom. The van der Waals surface area contributed by atoms with Gasteiger partial charge in [-0.15, -0.1) is 0 Å². The molecule has 1 amide bonds. The van der Waals surface area contributed by atoms with E-state index in [4.69, 9.17) is 16.0 Å². The van der Waals surface area contributed by atoms with Crippen LogP contribution in [-0.2, 0) is 4.79 Å². The van der Waals surface area contributed by atoms with Crippen LogP contribution in [0.4, 0.5) is 11.4 Å². The van der Waals surface area contributed by atoms with Crippen molar-refractivity contribution in [3.63, 3.8) is 0 Å². The smallest absolute Gasteiger partial charge is 0.269 e. The maximum atomic E-state index is 12.3. The lowest BCUT2D eigenvalue weighted by Gasteiger charge is -2.02. The van der Waals surface area contributed by atoms with Crippen LogP contribution in [-0.4, -0.2) is 16.0 Å². The number of hydrogen-bond donors (Lipinski definition) is 1. The number of carbonyl (C=O) groups is 1. The number of non-ortho nitro benzene ring substituents is 1. The van der Waals surface area contributed by atoms with Gasteiger partial charge in [-0.2, -0.15) is 0 Å². The fraction of sp³-hybridized carbons (Fsp3) is 0.0476. The van der Waals surface area contributed by atoms with Gasteiger partial charge in [0.1, 0.15) is 11.5 Å². The number of carbonyl (C=O) groups excluding carboxylic acids is 1. The van der Waals surface area contributed by atoms with E-state index in [0.29, 0.717) is 37.9 Å². The van der Waals surface area contributed by atoms with Gasteiger partial charge in [-0.25, -0.2) is 4.99 Å².